The Kier molecular flexibility index (Phi) is 18.5. The molecule has 16 rings (SSSR count). The van der Waals surface area contributed by atoms with E-state index in [1.165, 1.54) is 16.7 Å². The lowest BCUT2D eigenvalue weighted by Crippen LogP contribution is -2.35. The van der Waals surface area contributed by atoms with E-state index in [0.29, 0.717) is 0 Å². The van der Waals surface area contributed by atoms with Crippen molar-refractivity contribution in [1.82, 2.24) is 0 Å². The molecule has 0 saturated heterocycles. The van der Waals surface area contributed by atoms with Crippen LogP contribution in [-0.2, 0) is 0 Å². The molecule has 1 unspecified atom stereocenters. The molecule has 0 aliphatic heterocycles. The zero-order valence-corrected chi connectivity index (χ0v) is 56.9. The smallest absolute Gasteiger partial charge is 0.0586 e. The summed E-state index contributed by atoms with van der Waals surface area (Å²) in [5, 5.41) is 0. The van der Waals surface area contributed by atoms with Gasteiger partial charge in [-0.1, -0.05) is 291 Å². The summed E-state index contributed by atoms with van der Waals surface area (Å²) < 4.78 is 0. The van der Waals surface area contributed by atoms with E-state index in [1.54, 1.807) is 0 Å². The lowest BCUT2D eigenvalue weighted by Gasteiger charge is -2.39. The van der Waals surface area contributed by atoms with Gasteiger partial charge in [-0.25, -0.2) is 0 Å². The molecule has 0 N–H and O–H groups in total. The SMILES string of the molecule is C=C1CC/C(=C/C=C/c2ccccc2)CC1N(c1ccccc1)c1ccc2c(c1)-c1ccc(N(c3ccccc3)c3ccc(/C=C/c4ccccc4)cc3)cc1-c1ccc(N(c3ccccc3)c3ccccc3)cc1-c1ccc(N(c3ccccc3)c3ccc(/C=C/c4ccccc4)cc3)cc1-2. The van der Waals surface area contributed by atoms with Crippen molar-refractivity contribution in [3.05, 3.63) is 422 Å². The van der Waals surface area contributed by atoms with Gasteiger partial charge in [-0.2, -0.15) is 0 Å². The summed E-state index contributed by atoms with van der Waals surface area (Å²) in [6.07, 6.45) is 18.2. The molecule has 4 nitrogen and oxygen atoms in total. The summed E-state index contributed by atoms with van der Waals surface area (Å²) in [6, 6.07) is 132. The minimum absolute atomic E-state index is 0.0134. The first-order valence-corrected chi connectivity index (χ1v) is 35.3. The van der Waals surface area contributed by atoms with Gasteiger partial charge in [-0.15, -0.1) is 0 Å². The second-order valence-corrected chi connectivity index (χ2v) is 26.1. The minimum atomic E-state index is -0.0134. The fourth-order valence-electron chi connectivity index (χ4n) is 14.5. The first kappa shape index (κ1) is 63.7. The Bertz CT molecular complexity index is 5160. The second-order valence-electron chi connectivity index (χ2n) is 26.1. The van der Waals surface area contributed by atoms with Crippen molar-refractivity contribution >= 4 is 92.9 Å². The fraction of sp³-hybridized carbons (Fsp3) is 0.0408. The number of allylic oxidation sites excluding steroid dienone is 2. The number of hydrogen-bond acceptors (Lipinski definition) is 4. The summed E-state index contributed by atoms with van der Waals surface area (Å²) >= 11 is 0. The van der Waals surface area contributed by atoms with Gasteiger partial charge in [0.25, 0.3) is 0 Å². The zero-order valence-electron chi connectivity index (χ0n) is 56.9. The van der Waals surface area contributed by atoms with E-state index >= 15 is 0 Å². The molecule has 0 radical (unpaired) electrons. The Labute approximate surface area is 600 Å². The Balaban J connectivity index is 0.924. The number of anilines is 11. The third kappa shape index (κ3) is 13.8. The normalized spacial score (nSPS) is 13.6. The van der Waals surface area contributed by atoms with Gasteiger partial charge >= 0.3 is 0 Å². The van der Waals surface area contributed by atoms with Gasteiger partial charge in [0.15, 0.2) is 0 Å². The van der Waals surface area contributed by atoms with Crippen LogP contribution >= 0.6 is 0 Å². The van der Waals surface area contributed by atoms with Crippen molar-refractivity contribution < 1.29 is 0 Å². The van der Waals surface area contributed by atoms with Crippen molar-refractivity contribution in [3.63, 3.8) is 0 Å². The van der Waals surface area contributed by atoms with Crippen LogP contribution in [0.1, 0.15) is 47.1 Å². The average Bonchev–Trinajstić information content (AvgIpc) is 0.729. The topological polar surface area (TPSA) is 13.0 Å². The van der Waals surface area contributed by atoms with Crippen LogP contribution in [0, 0.1) is 0 Å². The molecule has 0 aromatic heterocycles. The van der Waals surface area contributed by atoms with Crippen LogP contribution in [-0.4, -0.2) is 6.04 Å². The molecule has 0 spiro atoms. The van der Waals surface area contributed by atoms with E-state index in [2.05, 4.69) is 426 Å². The van der Waals surface area contributed by atoms with Crippen LogP contribution in [0.2, 0.25) is 0 Å². The highest BCUT2D eigenvalue weighted by molar-refractivity contribution is 6.07. The molecule has 102 heavy (non-hydrogen) atoms. The van der Waals surface area contributed by atoms with Crippen LogP contribution in [0.4, 0.5) is 62.6 Å². The highest BCUT2D eigenvalue weighted by Crippen LogP contribution is 2.54. The zero-order chi connectivity index (χ0) is 68.4. The van der Waals surface area contributed by atoms with Gasteiger partial charge in [-0.05, 0) is 225 Å². The monoisotopic (exact) mass is 1310 g/mol. The number of fused-ring (bicyclic) bond motifs is 8. The highest BCUT2D eigenvalue weighted by Gasteiger charge is 2.32. The van der Waals surface area contributed by atoms with Gasteiger partial charge < -0.3 is 19.6 Å². The molecule has 488 valence electrons. The molecule has 14 aromatic rings. The summed E-state index contributed by atoms with van der Waals surface area (Å²) in [4.78, 5) is 9.75. The van der Waals surface area contributed by atoms with Crippen molar-refractivity contribution in [3.8, 4) is 44.5 Å². The molecular formula is C98H76N4. The number of hydrogen-bond donors (Lipinski definition) is 0. The maximum atomic E-state index is 4.89. The van der Waals surface area contributed by atoms with Gasteiger partial charge in [0.1, 0.15) is 0 Å². The van der Waals surface area contributed by atoms with E-state index in [4.69, 9.17) is 6.58 Å². The second kappa shape index (κ2) is 29.6. The van der Waals surface area contributed by atoms with Crippen molar-refractivity contribution in [2.75, 3.05) is 19.6 Å². The Morgan fingerprint density at radius 3 is 0.843 bits per heavy atom. The quantitative estimate of drug-likeness (QED) is 0.0627. The molecular weight excluding hydrogens is 1230 g/mol. The lowest BCUT2D eigenvalue weighted by atomic mass is 9.79. The number of nitrogens with zero attached hydrogens (tertiary/aromatic N) is 4. The molecule has 14 aromatic carbocycles. The average molecular weight is 1310 g/mol. The van der Waals surface area contributed by atoms with Gasteiger partial charge in [0.05, 0.1) is 6.04 Å². The molecule has 1 atom stereocenters. The minimum Gasteiger partial charge on any atom is -0.334 e. The van der Waals surface area contributed by atoms with Crippen LogP contribution in [0.15, 0.2) is 394 Å². The van der Waals surface area contributed by atoms with Gasteiger partial charge in [0.2, 0.25) is 0 Å². The van der Waals surface area contributed by atoms with Crippen molar-refractivity contribution in [2.45, 2.75) is 25.3 Å². The first-order valence-electron chi connectivity index (χ1n) is 35.3. The Hall–Kier alpha value is -13.0. The molecule has 0 heterocycles. The van der Waals surface area contributed by atoms with Gasteiger partial charge in [0, 0.05) is 62.6 Å². The van der Waals surface area contributed by atoms with Crippen LogP contribution < -0.4 is 19.6 Å². The van der Waals surface area contributed by atoms with E-state index in [0.717, 1.165) is 149 Å². The van der Waals surface area contributed by atoms with Crippen molar-refractivity contribution in [1.29, 1.82) is 0 Å². The van der Waals surface area contributed by atoms with E-state index in [-0.39, 0.29) is 6.04 Å². The highest BCUT2D eigenvalue weighted by atomic mass is 15.2. The Morgan fingerprint density at radius 2 is 0.500 bits per heavy atom. The summed E-state index contributed by atoms with van der Waals surface area (Å²) in [7, 11) is 0. The van der Waals surface area contributed by atoms with E-state index in [1.807, 2.05) is 0 Å². The summed E-state index contributed by atoms with van der Waals surface area (Å²) in [5.41, 5.74) is 29.1. The number of benzene rings is 14. The maximum Gasteiger partial charge on any atom is 0.0586 e. The molecule has 2 aliphatic carbocycles. The largest absolute Gasteiger partial charge is 0.334 e. The summed E-state index contributed by atoms with van der Waals surface area (Å²) in [5.74, 6) is 0. The molecule has 0 bridgehead atoms. The van der Waals surface area contributed by atoms with Crippen LogP contribution in [0.3, 0.4) is 0 Å². The molecule has 1 fully saturated rings. The lowest BCUT2D eigenvalue weighted by molar-refractivity contribution is 0.626. The predicted molar refractivity (Wildman–Crippen MR) is 435 cm³/mol. The van der Waals surface area contributed by atoms with Crippen LogP contribution in [0.25, 0.3) is 74.9 Å². The molecule has 2 aliphatic rings. The molecule has 1 saturated carbocycles. The molecule has 0 amide bonds. The van der Waals surface area contributed by atoms with E-state index < -0.39 is 0 Å². The number of para-hydroxylation sites is 5. The standard InChI is InChI=1S/C98H76N4/c1-72-45-46-78(34-26-33-73-27-10-2-11-28-73)67-98(72)102(83-43-24-9-25-44-83)89-62-66-93-96-70-87(100(81-39-20-7-21-40-81)84-55-51-76(52-56-84)49-47-74-29-12-3-13-30-74)60-64-91(96)94-68-86(99(79-35-16-5-17-36-79)80-37-18-6-19-38-80)59-63-90(94)95-69-88(61-65-92(95)97(93)71-89)101(82-41-22-8-23-42-82)85-57-53-77(54-58-85)50-48-75-31-14-4-15-32-75/h2-44,47-66,68-71,98H,1,45-46,67H2/b33-26+,49-47+,50-48+,78-34-,94-91?,95-90?,96-93?,97-92?. The number of rotatable bonds is 18. The third-order valence-electron chi connectivity index (χ3n) is 19.6. The maximum absolute atomic E-state index is 4.89. The van der Waals surface area contributed by atoms with E-state index in [9.17, 15) is 0 Å². The first-order chi connectivity index (χ1) is 50.5. The third-order valence-corrected chi connectivity index (χ3v) is 19.6. The fourth-order valence-corrected chi connectivity index (χ4v) is 14.5. The summed E-state index contributed by atoms with van der Waals surface area (Å²) in [6.45, 7) is 4.89. The van der Waals surface area contributed by atoms with Crippen molar-refractivity contribution in [2.24, 2.45) is 0 Å². The predicted octanol–water partition coefficient (Wildman–Crippen LogP) is 27.3. The Morgan fingerprint density at radius 1 is 0.235 bits per heavy atom. The molecule has 4 heteroatoms. The van der Waals surface area contributed by atoms with Gasteiger partial charge in [-0.3, -0.25) is 0 Å². The van der Waals surface area contributed by atoms with Crippen LogP contribution in [0.5, 0.6) is 0 Å².